The molecule has 0 N–H and O–H groups in total. The van der Waals surface area contributed by atoms with E-state index in [2.05, 4.69) is 24.8 Å². The first-order valence-corrected chi connectivity index (χ1v) is 11.1. The first kappa shape index (κ1) is 24.1. The molecule has 0 heterocycles. The van der Waals surface area contributed by atoms with E-state index >= 15 is 0 Å². The van der Waals surface area contributed by atoms with Crippen LogP contribution in [0.3, 0.4) is 0 Å². The van der Waals surface area contributed by atoms with Crippen LogP contribution < -0.4 is 0 Å². The summed E-state index contributed by atoms with van der Waals surface area (Å²) in [6.45, 7) is 2.24. The highest BCUT2D eigenvalue weighted by molar-refractivity contribution is 5.38. The largest absolute Gasteiger partial charge is 0.416 e. The molecule has 0 aromatic heterocycles. The Bertz CT molecular complexity index is 791. The van der Waals surface area contributed by atoms with Gasteiger partial charge in [-0.25, -0.2) is 0 Å². The van der Waals surface area contributed by atoms with Gasteiger partial charge < -0.3 is 0 Å². The van der Waals surface area contributed by atoms with Gasteiger partial charge in [0.15, 0.2) is 0 Å². The van der Waals surface area contributed by atoms with Gasteiger partial charge in [0.1, 0.15) is 0 Å². The monoisotopic (exact) mass is 413 g/mol. The Kier molecular flexibility index (Phi) is 10.6. The highest BCUT2D eigenvalue weighted by Crippen LogP contribution is 2.29. The summed E-state index contributed by atoms with van der Waals surface area (Å²) in [4.78, 5) is 0. The second-order valence-electron chi connectivity index (χ2n) is 7.76. The van der Waals surface area contributed by atoms with Crippen LogP contribution in [0.1, 0.15) is 87.0 Å². The van der Waals surface area contributed by atoms with Crippen molar-refractivity contribution in [1.29, 1.82) is 0 Å². The van der Waals surface area contributed by atoms with E-state index in [1.165, 1.54) is 57.1 Å². The van der Waals surface area contributed by atoms with Crippen LogP contribution in [-0.4, -0.2) is 0 Å². The highest BCUT2D eigenvalue weighted by atomic mass is 19.4. The molecular formula is C27H32F3. The zero-order chi connectivity index (χ0) is 21.7. The third-order valence-electron chi connectivity index (χ3n) is 5.13. The second kappa shape index (κ2) is 13.2. The van der Waals surface area contributed by atoms with E-state index in [0.29, 0.717) is 6.42 Å². The van der Waals surface area contributed by atoms with Crippen molar-refractivity contribution in [2.24, 2.45) is 0 Å². The van der Waals surface area contributed by atoms with Gasteiger partial charge in [-0.2, -0.15) is 13.2 Å². The van der Waals surface area contributed by atoms with Gasteiger partial charge in [-0.1, -0.05) is 88.0 Å². The molecule has 161 valence electrons. The molecule has 0 saturated carbocycles. The average Bonchev–Trinajstić information content (AvgIpc) is 2.73. The van der Waals surface area contributed by atoms with Crippen LogP contribution in [0.5, 0.6) is 0 Å². The maximum Gasteiger partial charge on any atom is 0.416 e. The molecule has 0 fully saturated rings. The topological polar surface area (TPSA) is 0 Å². The van der Waals surface area contributed by atoms with Gasteiger partial charge in [-0.15, -0.1) is 0 Å². The summed E-state index contributed by atoms with van der Waals surface area (Å²) >= 11 is 0. The van der Waals surface area contributed by atoms with E-state index in [1.807, 2.05) is 24.6 Å². The number of benzene rings is 2. The molecule has 0 saturated heterocycles. The minimum atomic E-state index is -4.29. The van der Waals surface area contributed by atoms with Crippen molar-refractivity contribution < 1.29 is 13.2 Å². The van der Waals surface area contributed by atoms with E-state index in [9.17, 15) is 13.2 Å². The summed E-state index contributed by atoms with van der Waals surface area (Å²) in [7, 11) is 0. The lowest BCUT2D eigenvalue weighted by Crippen LogP contribution is -2.04. The third kappa shape index (κ3) is 9.53. The van der Waals surface area contributed by atoms with Gasteiger partial charge in [-0.05, 0) is 54.7 Å². The Morgan fingerprint density at radius 1 is 0.833 bits per heavy atom. The van der Waals surface area contributed by atoms with Gasteiger partial charge in [0.05, 0.1) is 5.56 Å². The fourth-order valence-electron chi connectivity index (χ4n) is 3.33. The molecule has 2 aromatic rings. The number of rotatable bonds is 11. The molecule has 0 nitrogen and oxygen atoms in total. The molecule has 1 radical (unpaired) electrons. The molecule has 0 unspecified atom stereocenters. The summed E-state index contributed by atoms with van der Waals surface area (Å²) < 4.78 is 37.9. The number of hydrogen-bond acceptors (Lipinski definition) is 0. The fraction of sp³-hybridized carbons (Fsp3) is 0.444. The van der Waals surface area contributed by atoms with E-state index in [0.717, 1.165) is 41.7 Å². The molecule has 0 bridgehead atoms. The summed E-state index contributed by atoms with van der Waals surface area (Å²) in [6, 6.07) is 13.3. The maximum absolute atomic E-state index is 12.6. The smallest absolute Gasteiger partial charge is 0.166 e. The zero-order valence-corrected chi connectivity index (χ0v) is 17.9. The lowest BCUT2D eigenvalue weighted by atomic mass is 10.0. The Balaban J connectivity index is 1.71. The third-order valence-corrected chi connectivity index (χ3v) is 5.13. The second-order valence-corrected chi connectivity index (χ2v) is 7.76. The van der Waals surface area contributed by atoms with Crippen molar-refractivity contribution in [2.75, 3.05) is 0 Å². The summed E-state index contributed by atoms with van der Waals surface area (Å²) in [5.74, 6) is 6.50. The van der Waals surface area contributed by atoms with Gasteiger partial charge in [-0.3, -0.25) is 0 Å². The van der Waals surface area contributed by atoms with Gasteiger partial charge in [0.25, 0.3) is 0 Å². The minimum absolute atomic E-state index is 0.617. The highest BCUT2D eigenvalue weighted by Gasteiger charge is 2.29. The fourth-order valence-corrected chi connectivity index (χ4v) is 3.33. The number of alkyl halides is 3. The molecule has 0 spiro atoms. The normalized spacial score (nSPS) is 11.2. The number of unbranched alkanes of at least 4 members (excludes halogenated alkanes) is 8. The molecule has 0 aliphatic heterocycles. The zero-order valence-electron chi connectivity index (χ0n) is 17.9. The predicted octanol–water partition coefficient (Wildman–Crippen LogP) is 8.38. The van der Waals surface area contributed by atoms with Crippen molar-refractivity contribution in [3.8, 4) is 11.8 Å². The van der Waals surface area contributed by atoms with Gasteiger partial charge in [0, 0.05) is 12.0 Å². The van der Waals surface area contributed by atoms with Crippen LogP contribution in [0.2, 0.25) is 0 Å². The number of halogens is 3. The van der Waals surface area contributed by atoms with Crippen molar-refractivity contribution in [3.63, 3.8) is 0 Å². The van der Waals surface area contributed by atoms with Crippen LogP contribution >= 0.6 is 0 Å². The summed E-state index contributed by atoms with van der Waals surface area (Å²) in [6.07, 6.45) is 9.66. The van der Waals surface area contributed by atoms with Crippen molar-refractivity contribution in [3.05, 3.63) is 77.2 Å². The molecule has 30 heavy (non-hydrogen) atoms. The van der Waals surface area contributed by atoms with E-state index in [-0.39, 0.29) is 0 Å². The standard InChI is InChI=1S/C27H32F3/c1-2-3-4-5-6-7-8-9-10-11-13-24-14-12-15-25(22-24)17-16-23-18-20-26(21-19-23)27(28,29)30/h12,14-16,18-22H,2-10,17H2,1H3. The predicted molar refractivity (Wildman–Crippen MR) is 119 cm³/mol. The molecular weight excluding hydrogens is 381 g/mol. The Morgan fingerprint density at radius 2 is 1.50 bits per heavy atom. The SMILES string of the molecule is CCCCCCCCCCC#Cc1cccc(C[CH]c2ccc(C(F)(F)F)cc2)c1. The molecule has 3 heteroatoms. The van der Waals surface area contributed by atoms with Crippen LogP contribution in [0.15, 0.2) is 48.5 Å². The molecule has 0 aliphatic carbocycles. The lowest BCUT2D eigenvalue weighted by molar-refractivity contribution is -0.137. The first-order chi connectivity index (χ1) is 14.5. The lowest BCUT2D eigenvalue weighted by Gasteiger charge is -2.07. The van der Waals surface area contributed by atoms with Crippen molar-refractivity contribution in [1.82, 2.24) is 0 Å². The molecule has 2 aromatic carbocycles. The minimum Gasteiger partial charge on any atom is -0.166 e. The Morgan fingerprint density at radius 3 is 2.17 bits per heavy atom. The first-order valence-electron chi connectivity index (χ1n) is 11.1. The molecule has 0 atom stereocenters. The molecule has 0 amide bonds. The van der Waals surface area contributed by atoms with Crippen molar-refractivity contribution in [2.45, 2.75) is 77.3 Å². The van der Waals surface area contributed by atoms with Gasteiger partial charge >= 0.3 is 6.18 Å². The molecule has 0 aliphatic rings. The Labute approximate surface area is 179 Å². The quantitative estimate of drug-likeness (QED) is 0.256. The van der Waals surface area contributed by atoms with E-state index < -0.39 is 11.7 Å². The number of hydrogen-bond donors (Lipinski definition) is 0. The summed E-state index contributed by atoms with van der Waals surface area (Å²) in [5.41, 5.74) is 2.27. The van der Waals surface area contributed by atoms with Crippen LogP contribution in [0.25, 0.3) is 0 Å². The van der Waals surface area contributed by atoms with Crippen LogP contribution in [-0.2, 0) is 12.6 Å². The van der Waals surface area contributed by atoms with E-state index in [4.69, 9.17) is 0 Å². The molecule has 2 rings (SSSR count). The van der Waals surface area contributed by atoms with Crippen LogP contribution in [0.4, 0.5) is 13.2 Å². The maximum atomic E-state index is 12.6. The van der Waals surface area contributed by atoms with Gasteiger partial charge in [0.2, 0.25) is 0 Å². The summed E-state index contributed by atoms with van der Waals surface area (Å²) in [5, 5.41) is 0. The van der Waals surface area contributed by atoms with Crippen molar-refractivity contribution >= 4 is 0 Å². The van der Waals surface area contributed by atoms with Crippen LogP contribution in [0, 0.1) is 18.3 Å². The average molecular weight is 414 g/mol. The van der Waals surface area contributed by atoms with E-state index in [1.54, 1.807) is 0 Å². The Hall–Kier alpha value is -2.21.